The zero-order chi connectivity index (χ0) is 91.4. The van der Waals surface area contributed by atoms with E-state index in [1.165, 1.54) is 24.9 Å². The summed E-state index contributed by atoms with van der Waals surface area (Å²) in [6, 6.07) is 1.66. The first-order valence-electron chi connectivity index (χ1n) is 41.5. The number of alkyl halides is 1. The fraction of sp³-hybridized carbons (Fsp3) is 0.595. The fourth-order valence-electron chi connectivity index (χ4n) is 12.6. The van der Waals surface area contributed by atoms with Crippen molar-refractivity contribution in [1.29, 1.82) is 10.8 Å². The van der Waals surface area contributed by atoms with Gasteiger partial charge >= 0.3 is 18.0 Å². The third-order valence-corrected chi connectivity index (χ3v) is 19.3. The van der Waals surface area contributed by atoms with Crippen molar-refractivity contribution >= 4 is 107 Å². The van der Waals surface area contributed by atoms with Crippen LogP contribution in [0.5, 0.6) is 0 Å². The lowest BCUT2D eigenvalue weighted by Crippen LogP contribution is -2.58. The Morgan fingerprint density at radius 3 is 1.18 bits per heavy atom. The molecule has 0 bridgehead atoms. The van der Waals surface area contributed by atoms with Gasteiger partial charge in [-0.25, -0.2) is 4.79 Å². The smallest absolute Gasteiger partial charge is 0.343 e. The van der Waals surface area contributed by atoms with Crippen LogP contribution in [0.1, 0.15) is 133 Å². The molecule has 5 rings (SSSR count). The number of ether oxygens (including phenoxy) is 4. The van der Waals surface area contributed by atoms with Crippen LogP contribution in [0.2, 0.25) is 0 Å². The summed E-state index contributed by atoms with van der Waals surface area (Å²) in [6.07, 6.45) is -0.254. The summed E-state index contributed by atoms with van der Waals surface area (Å²) < 4.78 is 35.9. The van der Waals surface area contributed by atoms with E-state index in [1.54, 1.807) is 60.7 Å². The number of carbonyl (C=O) groups excluding carboxylic acids is 14. The maximum Gasteiger partial charge on any atom is 0.343 e. The largest absolute Gasteiger partial charge is 0.481 e. The topological polar surface area (TPSA) is 665 Å². The zero-order valence-corrected chi connectivity index (χ0v) is 70.3. The summed E-state index contributed by atoms with van der Waals surface area (Å²) in [5.41, 5.74) is 12.5. The summed E-state index contributed by atoms with van der Waals surface area (Å²) in [5, 5.41) is 81.0. The Labute approximate surface area is 721 Å². The van der Waals surface area contributed by atoms with Crippen molar-refractivity contribution in [1.82, 2.24) is 99.6 Å². The van der Waals surface area contributed by atoms with Crippen LogP contribution < -0.4 is 91.2 Å². The molecule has 3 aromatic rings. The van der Waals surface area contributed by atoms with Crippen molar-refractivity contribution in [2.24, 2.45) is 11.5 Å². The Hall–Kier alpha value is -12.6. The standard InChI is InChI=1S/C79H120FN23O22/c1-49-67(111)96-60(46-65(107)108)75(119)98-58(44-51-16-5-3-6-17-51)73(117)94-54(71(115)92-56(69(113)90-49)23-14-31-87-77(81)82)21-9-11-29-85-62(104)25-34-102(64(106)27-36-122-38-40-124-42-43-125-41-39-123-37-33-89-79(121)103-48-53(100-101-103)20-13-28-80)35-26-63(105)86-30-12-10-22-55-72(116)93-57(24-15-32-88-78(83)84)70(114)91-50(2)68(112)97-61(47-66(109)110)76(120)99-59(74(118)95-55)45-52-18-7-4-8-19-52/h3-8,16-19,48-50,54-61H,9-15,20-47H2,1-2H3,(H,85,104)(H,86,105)(H,89,121)(H,90,113)(H,91,114)(H,92,115)(H,93,116)(H,94,117)(H,95,118)(H,96,111)(H,97,112)(H,98,119)(H,99,120)(H,107,108)(H,109,110)(H4,81,82,87)(H4,83,84,88)/t49-,50-,54-,55-,56-,57-,58+,59+,60-,61-/m0/s1. The number of unbranched alkanes of at least 4 members (excludes halogenated alkanes) is 2. The molecular formula is C79H120FN23O22. The first-order valence-corrected chi connectivity index (χ1v) is 41.5. The third kappa shape index (κ3) is 41.9. The molecule has 0 saturated carbocycles. The molecule has 14 amide bonds. The Morgan fingerprint density at radius 1 is 0.432 bits per heavy atom. The molecule has 2 aliphatic heterocycles. The number of nitrogens with zero attached hydrogens (tertiary/aromatic N) is 4. The van der Waals surface area contributed by atoms with E-state index in [-0.39, 0.29) is 213 Å². The monoisotopic (exact) mass is 1760 g/mol. The van der Waals surface area contributed by atoms with Gasteiger partial charge in [-0.15, -0.1) is 5.10 Å². The van der Waals surface area contributed by atoms with Crippen LogP contribution in [0.3, 0.4) is 0 Å². The van der Waals surface area contributed by atoms with Gasteiger partial charge in [-0.2, -0.15) is 4.68 Å². The minimum absolute atomic E-state index is 0.00132. The number of aliphatic carboxylic acids is 2. The van der Waals surface area contributed by atoms with Crippen LogP contribution >= 0.6 is 0 Å². The van der Waals surface area contributed by atoms with Crippen LogP contribution in [0.25, 0.3) is 0 Å². The van der Waals surface area contributed by atoms with Gasteiger partial charge < -0.3 is 125 Å². The number of amides is 14. The predicted octanol–water partition coefficient (Wildman–Crippen LogP) is -4.75. The third-order valence-electron chi connectivity index (χ3n) is 19.3. The average molecular weight is 1760 g/mol. The predicted molar refractivity (Wildman–Crippen MR) is 444 cm³/mol. The number of aryl methyl sites for hydroxylation is 1. The summed E-state index contributed by atoms with van der Waals surface area (Å²) in [5.74, 6) is -14.4. The SMILES string of the molecule is C[C@@H]1NC(=O)[C@H](CCCNC(=N)N)NC(=O)[C@H](CCCCNC(=O)CCN(CCC(=O)NCCCC[C@@H]2NC(=O)[C@@H](Cc3ccccc3)NC(=O)[C@H](CC(=O)O)NC(=O)[C@H](C)NC(=O)[C@H](CCCNC(=N)N)NC2=O)C(=O)CCOCCOCCOCCOCCNC(=O)n2cc(CCCF)nn2)NC(=O)[C@@H](Cc2ccccc2)NC(=O)[C@H](CC(=O)O)NC1=O. The van der Waals surface area contributed by atoms with Crippen molar-refractivity contribution in [3.8, 4) is 0 Å². The van der Waals surface area contributed by atoms with Gasteiger partial charge in [0.05, 0.1) is 90.7 Å². The number of rotatable bonds is 50. The minimum Gasteiger partial charge on any atom is -0.481 e. The highest BCUT2D eigenvalue weighted by atomic mass is 19.1. The molecule has 690 valence electrons. The first-order chi connectivity index (χ1) is 59.9. The van der Waals surface area contributed by atoms with Crippen LogP contribution in [-0.4, -0.2) is 303 Å². The molecule has 125 heavy (non-hydrogen) atoms. The number of carbonyl (C=O) groups is 16. The van der Waals surface area contributed by atoms with E-state index in [0.29, 0.717) is 23.2 Å². The van der Waals surface area contributed by atoms with Crippen molar-refractivity contribution in [3.05, 3.63) is 83.7 Å². The Bertz CT molecular complexity index is 3840. The van der Waals surface area contributed by atoms with Gasteiger partial charge in [-0.3, -0.25) is 87.1 Å². The van der Waals surface area contributed by atoms with Crippen molar-refractivity contribution < 1.29 is 110 Å². The zero-order valence-electron chi connectivity index (χ0n) is 70.3. The summed E-state index contributed by atoms with van der Waals surface area (Å²) >= 11 is 0. The maximum absolute atomic E-state index is 14.4. The number of aromatic nitrogens is 3. The number of benzene rings is 2. The second-order valence-electron chi connectivity index (χ2n) is 29.4. The molecule has 10 atom stereocenters. The molecule has 1 aromatic heterocycles. The van der Waals surface area contributed by atoms with Gasteiger partial charge in [-0.05, 0) is 102 Å². The maximum atomic E-state index is 14.4. The lowest BCUT2D eigenvalue weighted by molar-refractivity contribution is -0.142. The molecule has 46 heteroatoms. The Kier molecular flexibility index (Phi) is 47.5. The highest BCUT2D eigenvalue weighted by Gasteiger charge is 2.38. The van der Waals surface area contributed by atoms with Gasteiger partial charge in [0, 0.05) is 71.5 Å². The van der Waals surface area contributed by atoms with Gasteiger partial charge in [0.2, 0.25) is 76.8 Å². The van der Waals surface area contributed by atoms with Crippen molar-refractivity contribution in [2.45, 2.75) is 196 Å². The molecule has 3 heterocycles. The van der Waals surface area contributed by atoms with Gasteiger partial charge in [0.15, 0.2) is 11.9 Å². The van der Waals surface area contributed by atoms with E-state index in [0.717, 1.165) is 4.68 Å². The normalized spacial score (nSPS) is 20.0. The van der Waals surface area contributed by atoms with E-state index < -0.39 is 175 Å². The lowest BCUT2D eigenvalue weighted by Gasteiger charge is -2.26. The second-order valence-corrected chi connectivity index (χ2v) is 29.4. The molecule has 0 radical (unpaired) electrons. The van der Waals surface area contributed by atoms with E-state index in [9.17, 15) is 91.3 Å². The molecular weight excluding hydrogens is 1640 g/mol. The van der Waals surface area contributed by atoms with Gasteiger partial charge in [-0.1, -0.05) is 65.9 Å². The Balaban J connectivity index is 1.25. The number of guanidine groups is 2. The van der Waals surface area contributed by atoms with E-state index in [2.05, 4.69) is 90.1 Å². The molecule has 45 nitrogen and oxygen atoms in total. The van der Waals surface area contributed by atoms with Crippen LogP contribution in [0.15, 0.2) is 66.9 Å². The van der Waals surface area contributed by atoms with Crippen molar-refractivity contribution in [2.75, 3.05) is 105 Å². The van der Waals surface area contributed by atoms with Crippen LogP contribution in [-0.2, 0) is 110 Å². The molecule has 0 aliphatic carbocycles. The minimum atomic E-state index is -1.73. The molecule has 2 fully saturated rings. The number of carboxylic acids is 2. The molecule has 0 spiro atoms. The van der Waals surface area contributed by atoms with Crippen molar-refractivity contribution in [3.63, 3.8) is 0 Å². The molecule has 2 saturated heterocycles. The van der Waals surface area contributed by atoms with Crippen LogP contribution in [0.4, 0.5) is 9.18 Å². The lowest BCUT2D eigenvalue weighted by atomic mass is 10.0. The summed E-state index contributed by atoms with van der Waals surface area (Å²) in [7, 11) is 0. The molecule has 2 aromatic carbocycles. The molecule has 23 N–H and O–H groups in total. The highest BCUT2D eigenvalue weighted by Crippen LogP contribution is 2.14. The quantitative estimate of drug-likeness (QED) is 0.0143. The van der Waals surface area contributed by atoms with E-state index >= 15 is 0 Å². The number of hydrogen-bond acceptors (Lipinski definition) is 24. The van der Waals surface area contributed by atoms with Crippen LogP contribution in [0, 0.1) is 10.8 Å². The van der Waals surface area contributed by atoms with Gasteiger partial charge in [0.25, 0.3) is 0 Å². The molecule has 2 aliphatic rings. The first kappa shape index (κ1) is 103. The summed E-state index contributed by atoms with van der Waals surface area (Å²) in [4.78, 5) is 219. The summed E-state index contributed by atoms with van der Waals surface area (Å²) in [6.45, 7) is 3.15. The number of nitrogens with two attached hydrogens (primary N) is 2. The highest BCUT2D eigenvalue weighted by molar-refractivity contribution is 6.01. The van der Waals surface area contributed by atoms with E-state index in [4.69, 9.17) is 41.2 Å². The average Bonchev–Trinajstić information content (AvgIpc) is 1.84. The Morgan fingerprint density at radius 2 is 0.784 bits per heavy atom. The number of halogens is 1. The number of hydrogen-bond donors (Lipinski definition) is 21. The van der Waals surface area contributed by atoms with E-state index in [1.807, 2.05) is 0 Å². The number of nitrogens with one attached hydrogen (secondary N) is 17. The number of carboxylic acid groups (broad SMARTS) is 2. The molecule has 0 unspecified atom stereocenters. The van der Waals surface area contributed by atoms with Gasteiger partial charge in [0.1, 0.15) is 60.4 Å². The fourth-order valence-corrected chi connectivity index (χ4v) is 12.6. The second kappa shape index (κ2) is 57.7.